The van der Waals surface area contributed by atoms with Gasteiger partial charge in [0.2, 0.25) is 0 Å². The fourth-order valence-corrected chi connectivity index (χ4v) is 3.01. The van der Waals surface area contributed by atoms with Crippen LogP contribution in [0.25, 0.3) is 0 Å². The summed E-state index contributed by atoms with van der Waals surface area (Å²) in [4.78, 5) is 16.9. The first-order valence-corrected chi connectivity index (χ1v) is 6.59. The molecule has 0 unspecified atom stereocenters. The number of aliphatic hydroxyl groups is 1. The van der Waals surface area contributed by atoms with E-state index in [9.17, 15) is 9.90 Å². The zero-order valence-corrected chi connectivity index (χ0v) is 12.5. The molecule has 0 amide bonds. The number of nitrogens with zero attached hydrogens (tertiary/aromatic N) is 1. The predicted octanol–water partition coefficient (Wildman–Crippen LogP) is 2.16. The highest BCUT2D eigenvalue weighted by Gasteiger charge is 2.46. The van der Waals surface area contributed by atoms with E-state index in [-0.39, 0.29) is 23.6 Å². The Morgan fingerprint density at radius 3 is 2.06 bits per heavy atom. The number of rotatable bonds is 4. The molecule has 0 atom stereocenters. The van der Waals surface area contributed by atoms with Crippen LogP contribution >= 0.6 is 0 Å². The first kappa shape index (κ1) is 15.6. The fraction of sp³-hybridized carbons (Fsp3) is 0.929. The van der Waals surface area contributed by atoms with E-state index in [1.165, 1.54) is 0 Å². The molecule has 0 aromatic heterocycles. The Morgan fingerprint density at radius 1 is 1.28 bits per heavy atom. The van der Waals surface area contributed by atoms with Gasteiger partial charge in [-0.3, -0.25) is 4.84 Å². The van der Waals surface area contributed by atoms with Gasteiger partial charge in [0, 0.05) is 17.0 Å². The lowest BCUT2D eigenvalue weighted by molar-refractivity contribution is -0.300. The SMILES string of the molecule is CC(C)(O)CON1C(C)(C)CC(C=O)CC1(C)C. The summed E-state index contributed by atoms with van der Waals surface area (Å²) in [5.41, 5.74) is -1.27. The predicted molar refractivity (Wildman–Crippen MR) is 71.0 cm³/mol. The van der Waals surface area contributed by atoms with Crippen LogP contribution in [-0.4, -0.2) is 39.7 Å². The number of piperidine rings is 1. The van der Waals surface area contributed by atoms with Crippen LogP contribution in [0.2, 0.25) is 0 Å². The molecule has 0 saturated carbocycles. The summed E-state index contributed by atoms with van der Waals surface area (Å²) < 4.78 is 0. The summed E-state index contributed by atoms with van der Waals surface area (Å²) in [6.07, 6.45) is 2.62. The van der Waals surface area contributed by atoms with Crippen molar-refractivity contribution in [3.8, 4) is 0 Å². The van der Waals surface area contributed by atoms with Gasteiger partial charge in [0.1, 0.15) is 6.29 Å². The molecule has 1 aliphatic rings. The van der Waals surface area contributed by atoms with Crippen molar-refractivity contribution in [3.63, 3.8) is 0 Å². The molecule has 4 nitrogen and oxygen atoms in total. The summed E-state index contributed by atoms with van der Waals surface area (Å²) in [5.74, 6) is 0.0805. The largest absolute Gasteiger partial charge is 0.388 e. The molecule has 18 heavy (non-hydrogen) atoms. The van der Waals surface area contributed by atoms with Crippen LogP contribution in [0.5, 0.6) is 0 Å². The topological polar surface area (TPSA) is 49.8 Å². The van der Waals surface area contributed by atoms with Crippen LogP contribution in [0, 0.1) is 5.92 Å². The number of carbonyl (C=O) groups excluding carboxylic acids is 1. The van der Waals surface area contributed by atoms with E-state index in [1.54, 1.807) is 13.8 Å². The molecule has 106 valence electrons. The molecule has 1 aliphatic heterocycles. The van der Waals surface area contributed by atoms with E-state index in [2.05, 4.69) is 27.7 Å². The summed E-state index contributed by atoms with van der Waals surface area (Å²) in [5, 5.41) is 11.7. The zero-order valence-electron chi connectivity index (χ0n) is 12.5. The smallest absolute Gasteiger partial charge is 0.123 e. The third-order valence-electron chi connectivity index (χ3n) is 3.36. The molecule has 0 aromatic rings. The molecular formula is C14H27NO3. The van der Waals surface area contributed by atoms with Crippen molar-refractivity contribution in [2.75, 3.05) is 6.61 Å². The second-order valence-electron chi connectivity index (χ2n) is 7.31. The standard InChI is InChI=1S/C14H27NO3/c1-12(2)7-11(9-16)8-13(3,4)15(12)18-10-14(5,6)17/h9,11,17H,7-8,10H2,1-6H3. The van der Waals surface area contributed by atoms with E-state index in [1.807, 2.05) is 5.06 Å². The summed E-state index contributed by atoms with van der Waals surface area (Å²) >= 11 is 0. The number of carbonyl (C=O) groups is 1. The van der Waals surface area contributed by atoms with Crippen LogP contribution in [0.4, 0.5) is 0 Å². The maximum absolute atomic E-state index is 11.1. The highest BCUT2D eigenvalue weighted by atomic mass is 16.7. The van der Waals surface area contributed by atoms with Gasteiger partial charge in [-0.15, -0.1) is 0 Å². The second-order valence-corrected chi connectivity index (χ2v) is 7.31. The Kier molecular flexibility index (Phi) is 4.26. The van der Waals surface area contributed by atoms with E-state index in [0.29, 0.717) is 0 Å². The van der Waals surface area contributed by atoms with Gasteiger partial charge >= 0.3 is 0 Å². The van der Waals surface area contributed by atoms with Gasteiger partial charge in [-0.2, -0.15) is 5.06 Å². The number of hydroxylamine groups is 2. The minimum absolute atomic E-state index is 0.0805. The molecule has 1 heterocycles. The molecule has 0 aliphatic carbocycles. The van der Waals surface area contributed by atoms with Crippen molar-refractivity contribution in [2.45, 2.75) is 71.1 Å². The summed E-state index contributed by atoms with van der Waals surface area (Å²) in [6.45, 7) is 12.0. The highest BCUT2D eigenvalue weighted by Crippen LogP contribution is 2.40. The molecule has 0 bridgehead atoms. The van der Waals surface area contributed by atoms with Crippen LogP contribution in [0.3, 0.4) is 0 Å². The maximum atomic E-state index is 11.1. The lowest BCUT2D eigenvalue weighted by Crippen LogP contribution is -2.61. The van der Waals surface area contributed by atoms with Crippen molar-refractivity contribution in [1.29, 1.82) is 0 Å². The highest BCUT2D eigenvalue weighted by molar-refractivity contribution is 5.54. The molecule has 4 heteroatoms. The second kappa shape index (κ2) is 4.91. The van der Waals surface area contributed by atoms with E-state index in [4.69, 9.17) is 4.84 Å². The van der Waals surface area contributed by atoms with Gasteiger partial charge < -0.3 is 9.90 Å². The Hall–Kier alpha value is -0.450. The van der Waals surface area contributed by atoms with Gasteiger partial charge in [-0.05, 0) is 54.4 Å². The molecule has 1 fully saturated rings. The van der Waals surface area contributed by atoms with Crippen molar-refractivity contribution in [1.82, 2.24) is 5.06 Å². The van der Waals surface area contributed by atoms with Crippen LogP contribution < -0.4 is 0 Å². The Labute approximate surface area is 110 Å². The van der Waals surface area contributed by atoms with Gasteiger partial charge in [-0.1, -0.05) is 0 Å². The van der Waals surface area contributed by atoms with E-state index >= 15 is 0 Å². The molecule has 1 rings (SSSR count). The Balaban J connectivity index is 2.83. The molecule has 0 spiro atoms. The van der Waals surface area contributed by atoms with Gasteiger partial charge in [0.15, 0.2) is 0 Å². The summed E-state index contributed by atoms with van der Waals surface area (Å²) in [7, 11) is 0. The zero-order chi connectivity index (χ0) is 14.2. The maximum Gasteiger partial charge on any atom is 0.123 e. The lowest BCUT2D eigenvalue weighted by atomic mass is 9.76. The minimum atomic E-state index is -0.854. The van der Waals surface area contributed by atoms with Crippen molar-refractivity contribution in [2.24, 2.45) is 5.92 Å². The lowest BCUT2D eigenvalue weighted by Gasteiger charge is -2.53. The van der Waals surface area contributed by atoms with Crippen molar-refractivity contribution in [3.05, 3.63) is 0 Å². The first-order chi connectivity index (χ1) is 7.98. The normalized spacial score (nSPS) is 25.1. The van der Waals surface area contributed by atoms with Gasteiger partial charge in [-0.25, -0.2) is 0 Å². The van der Waals surface area contributed by atoms with E-state index in [0.717, 1.165) is 19.1 Å². The molecule has 0 aromatic carbocycles. The monoisotopic (exact) mass is 257 g/mol. The van der Waals surface area contributed by atoms with Crippen molar-refractivity contribution >= 4 is 6.29 Å². The number of aldehydes is 1. The van der Waals surface area contributed by atoms with Crippen LogP contribution in [0.15, 0.2) is 0 Å². The molecule has 0 radical (unpaired) electrons. The molecule has 1 saturated heterocycles. The van der Waals surface area contributed by atoms with Gasteiger partial charge in [0.05, 0.1) is 12.2 Å². The average Bonchev–Trinajstić information content (AvgIpc) is 2.11. The molecular weight excluding hydrogens is 230 g/mol. The van der Waals surface area contributed by atoms with Crippen molar-refractivity contribution < 1.29 is 14.7 Å². The minimum Gasteiger partial charge on any atom is -0.388 e. The first-order valence-electron chi connectivity index (χ1n) is 6.59. The van der Waals surface area contributed by atoms with Gasteiger partial charge in [0.25, 0.3) is 0 Å². The Morgan fingerprint density at radius 2 is 1.72 bits per heavy atom. The molecule has 1 N–H and O–H groups in total. The van der Waals surface area contributed by atoms with E-state index < -0.39 is 5.60 Å². The van der Waals surface area contributed by atoms with Crippen LogP contribution in [0.1, 0.15) is 54.4 Å². The van der Waals surface area contributed by atoms with Crippen LogP contribution in [-0.2, 0) is 9.63 Å². The average molecular weight is 257 g/mol. The Bertz CT molecular complexity index is 287. The third-order valence-corrected chi connectivity index (χ3v) is 3.36. The number of hydrogen-bond acceptors (Lipinski definition) is 4. The quantitative estimate of drug-likeness (QED) is 0.784. The number of hydrogen-bond donors (Lipinski definition) is 1. The third kappa shape index (κ3) is 3.77. The summed E-state index contributed by atoms with van der Waals surface area (Å²) in [6, 6.07) is 0. The fourth-order valence-electron chi connectivity index (χ4n) is 3.01.